The van der Waals surface area contributed by atoms with Gasteiger partial charge in [-0.15, -0.1) is 0 Å². The van der Waals surface area contributed by atoms with E-state index in [2.05, 4.69) is 12.1 Å². The lowest BCUT2D eigenvalue weighted by Gasteiger charge is -2.21. The van der Waals surface area contributed by atoms with E-state index < -0.39 is 6.10 Å². The molecule has 0 saturated carbocycles. The zero-order valence-corrected chi connectivity index (χ0v) is 15.7. The highest BCUT2D eigenvalue weighted by molar-refractivity contribution is 5.75. The van der Waals surface area contributed by atoms with Gasteiger partial charge in [0, 0.05) is 5.56 Å². The Bertz CT molecular complexity index is 953. The largest absolute Gasteiger partial charge is 0.508 e. The first kappa shape index (κ1) is 18.1. The number of carbonyl (C=O) groups excluding carboxylic acids is 1. The second kappa shape index (κ2) is 7.77. The number of hydrogen-bond donors (Lipinski definition) is 1. The van der Waals surface area contributed by atoms with Crippen LogP contribution >= 0.6 is 0 Å². The maximum atomic E-state index is 13.0. The molecule has 0 aliphatic heterocycles. The van der Waals surface area contributed by atoms with Crippen LogP contribution in [-0.4, -0.2) is 18.2 Å². The summed E-state index contributed by atoms with van der Waals surface area (Å²) in [6.07, 6.45) is 0.845. The molecule has 28 heavy (non-hydrogen) atoms. The molecule has 3 aromatic carbocycles. The van der Waals surface area contributed by atoms with E-state index in [1.165, 1.54) is 11.1 Å². The van der Waals surface area contributed by atoms with Crippen molar-refractivity contribution in [2.45, 2.75) is 18.9 Å². The number of phenols is 1. The third kappa shape index (κ3) is 3.72. The van der Waals surface area contributed by atoms with Crippen LogP contribution in [0.3, 0.4) is 0 Å². The van der Waals surface area contributed by atoms with Crippen LogP contribution in [-0.2, 0) is 22.4 Å². The summed E-state index contributed by atoms with van der Waals surface area (Å²) in [4.78, 5) is 13.0. The van der Waals surface area contributed by atoms with Gasteiger partial charge < -0.3 is 14.6 Å². The van der Waals surface area contributed by atoms with Crippen LogP contribution in [0.1, 0.15) is 28.4 Å². The Kier molecular flexibility index (Phi) is 5.02. The molecule has 4 rings (SSSR count). The van der Waals surface area contributed by atoms with E-state index in [0.717, 1.165) is 11.1 Å². The summed E-state index contributed by atoms with van der Waals surface area (Å²) in [6.45, 7) is 0. The molecular formula is C24H22O4. The third-order valence-electron chi connectivity index (χ3n) is 5.21. The Morgan fingerprint density at radius 3 is 2.25 bits per heavy atom. The van der Waals surface area contributed by atoms with Gasteiger partial charge in [0.25, 0.3) is 0 Å². The topological polar surface area (TPSA) is 55.8 Å². The second-order valence-corrected chi connectivity index (χ2v) is 7.06. The minimum atomic E-state index is -0.563. The van der Waals surface area contributed by atoms with Crippen LogP contribution in [0.25, 0.3) is 0 Å². The molecule has 0 saturated heterocycles. The van der Waals surface area contributed by atoms with Crippen LogP contribution in [0, 0.1) is 5.92 Å². The molecule has 0 radical (unpaired) electrons. The van der Waals surface area contributed by atoms with Gasteiger partial charge in [-0.2, -0.15) is 0 Å². The molecule has 0 aromatic heterocycles. The van der Waals surface area contributed by atoms with Gasteiger partial charge in [-0.05, 0) is 53.8 Å². The van der Waals surface area contributed by atoms with Gasteiger partial charge in [-0.3, -0.25) is 4.79 Å². The summed E-state index contributed by atoms with van der Waals surface area (Å²) < 4.78 is 11.3. The Labute approximate surface area is 164 Å². The molecule has 4 heteroatoms. The Morgan fingerprint density at radius 2 is 1.61 bits per heavy atom. The molecule has 1 aliphatic carbocycles. The maximum Gasteiger partial charge on any atom is 0.310 e. The van der Waals surface area contributed by atoms with Gasteiger partial charge in [-0.25, -0.2) is 0 Å². The molecule has 1 atom stereocenters. The number of phenolic OH excluding ortho intramolecular Hbond substituents is 1. The number of carbonyl (C=O) groups is 1. The molecule has 1 N–H and O–H groups in total. The van der Waals surface area contributed by atoms with Gasteiger partial charge >= 0.3 is 5.97 Å². The third-order valence-corrected chi connectivity index (χ3v) is 5.21. The molecule has 0 heterocycles. The average Bonchev–Trinajstić information content (AvgIpc) is 3.17. The molecule has 0 spiro atoms. The number of fused-ring (bicyclic) bond motifs is 1. The van der Waals surface area contributed by atoms with Crippen molar-refractivity contribution in [3.05, 3.63) is 95.1 Å². The van der Waals surface area contributed by atoms with Crippen molar-refractivity contribution in [2.75, 3.05) is 7.11 Å². The van der Waals surface area contributed by atoms with Crippen LogP contribution in [0.5, 0.6) is 11.5 Å². The first-order chi connectivity index (χ1) is 13.6. The fourth-order valence-corrected chi connectivity index (χ4v) is 3.72. The Morgan fingerprint density at radius 1 is 0.929 bits per heavy atom. The van der Waals surface area contributed by atoms with E-state index in [4.69, 9.17) is 9.47 Å². The standard InChI is InChI=1S/C24H22O4/c1-27-22-8-4-7-19(15-22)23(16-9-11-21(25)12-10-16)28-24(26)20-13-17-5-2-3-6-18(17)14-20/h2-12,15,20,23,25H,13-14H2,1H3. The molecule has 1 unspecified atom stereocenters. The fraction of sp³-hybridized carbons (Fsp3) is 0.208. The van der Waals surface area contributed by atoms with Gasteiger partial charge in [0.05, 0.1) is 13.0 Å². The predicted octanol–water partition coefficient (Wildman–Crippen LogP) is 4.45. The number of aromatic hydroxyl groups is 1. The van der Waals surface area contributed by atoms with Crippen molar-refractivity contribution in [1.29, 1.82) is 0 Å². The van der Waals surface area contributed by atoms with Crippen molar-refractivity contribution >= 4 is 5.97 Å². The van der Waals surface area contributed by atoms with Gasteiger partial charge in [0.15, 0.2) is 6.10 Å². The van der Waals surface area contributed by atoms with E-state index in [1.54, 1.807) is 31.4 Å². The fourth-order valence-electron chi connectivity index (χ4n) is 3.72. The smallest absolute Gasteiger partial charge is 0.310 e. The molecule has 1 aliphatic rings. The summed E-state index contributed by atoms with van der Waals surface area (Å²) in [6, 6.07) is 22.4. The number of rotatable bonds is 5. The highest BCUT2D eigenvalue weighted by Crippen LogP contribution is 2.33. The van der Waals surface area contributed by atoms with Crippen LogP contribution in [0.2, 0.25) is 0 Å². The number of methoxy groups -OCH3 is 1. The van der Waals surface area contributed by atoms with Crippen molar-refractivity contribution < 1.29 is 19.4 Å². The number of benzene rings is 3. The van der Waals surface area contributed by atoms with Gasteiger partial charge in [0.1, 0.15) is 11.5 Å². The van der Waals surface area contributed by atoms with E-state index in [9.17, 15) is 9.90 Å². The molecule has 4 nitrogen and oxygen atoms in total. The number of ether oxygens (including phenoxy) is 2. The monoisotopic (exact) mass is 374 g/mol. The predicted molar refractivity (Wildman–Crippen MR) is 106 cm³/mol. The molecule has 142 valence electrons. The number of esters is 1. The molecule has 3 aromatic rings. The summed E-state index contributed by atoms with van der Waals surface area (Å²) in [5, 5.41) is 9.62. The summed E-state index contributed by atoms with van der Waals surface area (Å²) in [5.41, 5.74) is 4.06. The zero-order chi connectivity index (χ0) is 19.5. The van der Waals surface area contributed by atoms with Crippen LogP contribution < -0.4 is 4.74 Å². The molecule has 0 bridgehead atoms. The van der Waals surface area contributed by atoms with E-state index in [-0.39, 0.29) is 17.6 Å². The SMILES string of the molecule is COc1cccc(C(OC(=O)C2Cc3ccccc3C2)c2ccc(O)cc2)c1. The lowest BCUT2D eigenvalue weighted by atomic mass is 10.00. The van der Waals surface area contributed by atoms with Crippen LogP contribution in [0.4, 0.5) is 0 Å². The molecular weight excluding hydrogens is 352 g/mol. The van der Waals surface area contributed by atoms with Crippen molar-refractivity contribution in [3.63, 3.8) is 0 Å². The van der Waals surface area contributed by atoms with Crippen molar-refractivity contribution in [1.82, 2.24) is 0 Å². The zero-order valence-electron chi connectivity index (χ0n) is 15.7. The first-order valence-corrected chi connectivity index (χ1v) is 9.34. The lowest BCUT2D eigenvalue weighted by molar-refractivity contribution is -0.152. The highest BCUT2D eigenvalue weighted by Gasteiger charge is 2.31. The number of hydrogen-bond acceptors (Lipinski definition) is 4. The average molecular weight is 374 g/mol. The van der Waals surface area contributed by atoms with Gasteiger partial charge in [0.2, 0.25) is 0 Å². The quantitative estimate of drug-likeness (QED) is 0.671. The van der Waals surface area contributed by atoms with E-state index in [1.807, 2.05) is 36.4 Å². The first-order valence-electron chi connectivity index (χ1n) is 9.34. The van der Waals surface area contributed by atoms with Crippen molar-refractivity contribution in [3.8, 4) is 11.5 Å². The Hall–Kier alpha value is -3.27. The summed E-state index contributed by atoms with van der Waals surface area (Å²) in [7, 11) is 1.61. The van der Waals surface area contributed by atoms with Crippen LogP contribution in [0.15, 0.2) is 72.8 Å². The van der Waals surface area contributed by atoms with Gasteiger partial charge in [-0.1, -0.05) is 48.5 Å². The minimum absolute atomic E-state index is 0.172. The summed E-state index contributed by atoms with van der Waals surface area (Å²) in [5.74, 6) is 0.482. The molecule has 0 amide bonds. The lowest BCUT2D eigenvalue weighted by Crippen LogP contribution is -2.21. The van der Waals surface area contributed by atoms with E-state index >= 15 is 0 Å². The molecule has 0 fully saturated rings. The Balaban J connectivity index is 1.60. The second-order valence-electron chi connectivity index (χ2n) is 7.06. The minimum Gasteiger partial charge on any atom is -0.508 e. The van der Waals surface area contributed by atoms with E-state index in [0.29, 0.717) is 18.6 Å². The normalized spacial score (nSPS) is 14.3. The highest BCUT2D eigenvalue weighted by atomic mass is 16.5. The van der Waals surface area contributed by atoms with Crippen molar-refractivity contribution in [2.24, 2.45) is 5.92 Å². The maximum absolute atomic E-state index is 13.0. The summed E-state index contributed by atoms with van der Waals surface area (Å²) >= 11 is 0.